The largest absolute Gasteiger partial charge is 0.506 e. The number of rotatable bonds is 3. The number of phenolic OH excluding ortho intramolecular Hbond substituents is 1. The van der Waals surface area contributed by atoms with Crippen LogP contribution in [-0.2, 0) is 0 Å². The number of nitrogens with zero attached hydrogens (tertiary/aromatic N) is 2. The lowest BCUT2D eigenvalue weighted by Gasteiger charge is -2.02. The van der Waals surface area contributed by atoms with Gasteiger partial charge in [-0.25, -0.2) is 4.98 Å². The van der Waals surface area contributed by atoms with Gasteiger partial charge in [0.25, 0.3) is 5.69 Å². The van der Waals surface area contributed by atoms with Crippen LogP contribution in [0.15, 0.2) is 48.5 Å². The summed E-state index contributed by atoms with van der Waals surface area (Å²) in [6.45, 7) is 0. The molecular weight excluding hydrogens is 316 g/mol. The van der Waals surface area contributed by atoms with E-state index >= 15 is 0 Å². The highest BCUT2D eigenvalue weighted by Gasteiger charge is 2.08. The number of phenols is 1. The Balaban J connectivity index is 1.98. The van der Waals surface area contributed by atoms with Crippen molar-refractivity contribution in [3.63, 3.8) is 0 Å². The quantitative estimate of drug-likeness (QED) is 0.560. The fourth-order valence-electron chi connectivity index (χ4n) is 2.19. The van der Waals surface area contributed by atoms with E-state index in [0.29, 0.717) is 21.8 Å². The number of hydrogen-bond donors (Lipinski definition) is 1. The number of hydrogen-bond acceptors (Lipinski definition) is 4. The van der Waals surface area contributed by atoms with Crippen molar-refractivity contribution in [2.24, 2.45) is 0 Å². The highest BCUT2D eigenvalue weighted by atomic mass is 35.5. The highest BCUT2D eigenvalue weighted by Crippen LogP contribution is 2.25. The fourth-order valence-corrected chi connectivity index (χ4v) is 2.37. The molecule has 1 N–H and O–H groups in total. The average Bonchev–Trinajstić information content (AvgIpc) is 2.54. The van der Waals surface area contributed by atoms with E-state index in [1.54, 1.807) is 30.4 Å². The van der Waals surface area contributed by atoms with Crippen LogP contribution < -0.4 is 0 Å². The number of aromatic hydroxyl groups is 1. The van der Waals surface area contributed by atoms with Gasteiger partial charge in [-0.1, -0.05) is 35.9 Å². The SMILES string of the molecule is O=[N+]([O-])c1ccc(Cl)c(/C=C/c2ccc3cccc(O)c3n2)c1. The predicted molar refractivity (Wildman–Crippen MR) is 90.4 cm³/mol. The third kappa shape index (κ3) is 3.14. The Morgan fingerprint density at radius 1 is 1.13 bits per heavy atom. The summed E-state index contributed by atoms with van der Waals surface area (Å²) < 4.78 is 0. The monoisotopic (exact) mass is 326 g/mol. The van der Waals surface area contributed by atoms with Crippen molar-refractivity contribution in [2.75, 3.05) is 0 Å². The van der Waals surface area contributed by atoms with Crippen LogP contribution in [0.1, 0.15) is 11.3 Å². The molecule has 0 radical (unpaired) electrons. The summed E-state index contributed by atoms with van der Waals surface area (Å²) in [6.07, 6.45) is 3.35. The fraction of sp³-hybridized carbons (Fsp3) is 0. The third-order valence-electron chi connectivity index (χ3n) is 3.34. The second-order valence-corrected chi connectivity index (χ2v) is 5.29. The zero-order valence-electron chi connectivity index (χ0n) is 11.8. The molecule has 0 spiro atoms. The van der Waals surface area contributed by atoms with Gasteiger partial charge >= 0.3 is 0 Å². The van der Waals surface area contributed by atoms with Crippen molar-refractivity contribution in [1.29, 1.82) is 0 Å². The van der Waals surface area contributed by atoms with E-state index in [9.17, 15) is 15.2 Å². The Hall–Kier alpha value is -2.92. The molecule has 5 nitrogen and oxygen atoms in total. The Morgan fingerprint density at radius 2 is 1.96 bits per heavy atom. The van der Waals surface area contributed by atoms with Gasteiger partial charge in [-0.2, -0.15) is 0 Å². The minimum absolute atomic E-state index is 0.0295. The van der Waals surface area contributed by atoms with Crippen molar-refractivity contribution in [3.8, 4) is 5.75 Å². The summed E-state index contributed by atoms with van der Waals surface area (Å²) in [4.78, 5) is 14.7. The van der Waals surface area contributed by atoms with Gasteiger partial charge in [0, 0.05) is 22.5 Å². The van der Waals surface area contributed by atoms with Crippen LogP contribution in [0.4, 0.5) is 5.69 Å². The summed E-state index contributed by atoms with van der Waals surface area (Å²) in [5, 5.41) is 21.9. The molecule has 3 rings (SSSR count). The normalized spacial score (nSPS) is 11.2. The van der Waals surface area contributed by atoms with Crippen LogP contribution in [0.2, 0.25) is 5.02 Å². The van der Waals surface area contributed by atoms with Crippen LogP contribution in [0.5, 0.6) is 5.75 Å². The maximum Gasteiger partial charge on any atom is 0.270 e. The molecule has 0 aliphatic heterocycles. The van der Waals surface area contributed by atoms with Gasteiger partial charge < -0.3 is 5.11 Å². The van der Waals surface area contributed by atoms with Gasteiger partial charge in [0.05, 0.1) is 10.6 Å². The van der Waals surface area contributed by atoms with Gasteiger partial charge in [-0.15, -0.1) is 0 Å². The van der Waals surface area contributed by atoms with E-state index in [1.807, 2.05) is 12.1 Å². The van der Waals surface area contributed by atoms with E-state index in [4.69, 9.17) is 11.6 Å². The molecule has 1 aromatic heterocycles. The summed E-state index contributed by atoms with van der Waals surface area (Å²) in [6, 6.07) is 13.0. The number of pyridine rings is 1. The first kappa shape index (κ1) is 15.0. The van der Waals surface area contributed by atoms with Crippen molar-refractivity contribution in [3.05, 3.63) is 74.9 Å². The Labute approximate surface area is 136 Å². The maximum absolute atomic E-state index is 10.8. The molecule has 3 aromatic rings. The Bertz CT molecular complexity index is 938. The molecule has 6 heteroatoms. The lowest BCUT2D eigenvalue weighted by atomic mass is 10.1. The second-order valence-electron chi connectivity index (χ2n) is 4.88. The van der Waals surface area contributed by atoms with Crippen LogP contribution in [0.25, 0.3) is 23.1 Å². The van der Waals surface area contributed by atoms with E-state index in [2.05, 4.69) is 4.98 Å². The summed E-state index contributed by atoms with van der Waals surface area (Å²) in [5.74, 6) is 0.103. The molecule has 0 unspecified atom stereocenters. The van der Waals surface area contributed by atoms with Gasteiger partial charge in [0.2, 0.25) is 0 Å². The topological polar surface area (TPSA) is 76.3 Å². The maximum atomic E-state index is 10.8. The first-order chi connectivity index (χ1) is 11.0. The van der Waals surface area contributed by atoms with Crippen LogP contribution >= 0.6 is 11.6 Å². The average molecular weight is 327 g/mol. The minimum atomic E-state index is -0.472. The van der Waals surface area contributed by atoms with Crippen LogP contribution in [0.3, 0.4) is 0 Å². The van der Waals surface area contributed by atoms with Crippen molar-refractivity contribution < 1.29 is 10.0 Å². The van der Waals surface area contributed by atoms with E-state index in [0.717, 1.165) is 5.39 Å². The number of para-hydroxylation sites is 1. The van der Waals surface area contributed by atoms with Crippen molar-refractivity contribution in [2.45, 2.75) is 0 Å². The number of non-ortho nitro benzene ring substituents is 1. The first-order valence-electron chi connectivity index (χ1n) is 6.75. The summed E-state index contributed by atoms with van der Waals surface area (Å²) >= 11 is 6.05. The lowest BCUT2D eigenvalue weighted by Crippen LogP contribution is -1.88. The number of aromatic nitrogens is 1. The van der Waals surface area contributed by atoms with E-state index in [-0.39, 0.29) is 11.4 Å². The molecule has 114 valence electrons. The van der Waals surface area contributed by atoms with Gasteiger partial charge in [-0.3, -0.25) is 10.1 Å². The molecule has 0 aliphatic rings. The molecule has 0 fully saturated rings. The predicted octanol–water partition coefficient (Wildman–Crippen LogP) is 4.67. The van der Waals surface area contributed by atoms with Crippen molar-refractivity contribution in [1.82, 2.24) is 4.98 Å². The molecule has 23 heavy (non-hydrogen) atoms. The number of nitro benzene ring substituents is 1. The second kappa shape index (κ2) is 6.06. The first-order valence-corrected chi connectivity index (χ1v) is 7.13. The van der Waals surface area contributed by atoms with Gasteiger partial charge in [0.1, 0.15) is 11.3 Å². The van der Waals surface area contributed by atoms with E-state index < -0.39 is 4.92 Å². The van der Waals surface area contributed by atoms with E-state index in [1.165, 1.54) is 18.2 Å². The zero-order valence-corrected chi connectivity index (χ0v) is 12.6. The summed E-state index contributed by atoms with van der Waals surface area (Å²) in [7, 11) is 0. The number of benzene rings is 2. The lowest BCUT2D eigenvalue weighted by molar-refractivity contribution is -0.384. The third-order valence-corrected chi connectivity index (χ3v) is 3.69. The number of fused-ring (bicyclic) bond motifs is 1. The van der Waals surface area contributed by atoms with Crippen LogP contribution in [-0.4, -0.2) is 15.0 Å². The minimum Gasteiger partial charge on any atom is -0.506 e. The molecule has 1 heterocycles. The molecule has 0 saturated heterocycles. The summed E-state index contributed by atoms with van der Waals surface area (Å²) in [5.41, 5.74) is 1.61. The number of nitro groups is 1. The molecular formula is C17H11ClN2O3. The molecule has 0 bridgehead atoms. The highest BCUT2D eigenvalue weighted by molar-refractivity contribution is 6.32. The zero-order chi connectivity index (χ0) is 16.4. The van der Waals surface area contributed by atoms with Crippen molar-refractivity contribution >= 4 is 40.3 Å². The standard InChI is InChI=1S/C17H11ClN2O3/c18-15-9-8-14(20(22)23)10-12(15)5-7-13-6-4-11-2-1-3-16(21)17(11)19-13/h1-10,21H/b7-5+. The Morgan fingerprint density at radius 3 is 2.74 bits per heavy atom. The van der Waals surface area contributed by atoms with Crippen LogP contribution in [0, 0.1) is 10.1 Å². The number of halogens is 1. The van der Waals surface area contributed by atoms with Gasteiger partial charge in [0.15, 0.2) is 0 Å². The molecule has 0 aliphatic carbocycles. The molecule has 0 amide bonds. The molecule has 0 atom stereocenters. The Kier molecular flexibility index (Phi) is 3.95. The van der Waals surface area contributed by atoms with Gasteiger partial charge in [-0.05, 0) is 29.8 Å². The smallest absolute Gasteiger partial charge is 0.270 e. The molecule has 0 saturated carbocycles. The molecule has 2 aromatic carbocycles.